The molecular weight excluding hydrogens is 199 g/mol. The molecule has 0 bridgehead atoms. The Kier molecular flexibility index (Phi) is 4.62. The average Bonchev–Trinajstić information content (AvgIpc) is 2.03. The molecule has 2 N–H and O–H groups in total. The Balaban J connectivity index is -0.000000563. The summed E-state index contributed by atoms with van der Waals surface area (Å²) < 4.78 is 0. The van der Waals surface area contributed by atoms with E-state index in [0.29, 0.717) is 0 Å². The van der Waals surface area contributed by atoms with Crippen LogP contribution in [-0.4, -0.2) is 22.2 Å². The number of carboxylic acids is 2. The average molecular weight is 208 g/mol. The van der Waals surface area contributed by atoms with Crippen LogP contribution in [0.5, 0.6) is 5.75 Å². The molecule has 0 aliphatic carbocycles. The molecule has 0 amide bonds. The van der Waals surface area contributed by atoms with Crippen molar-refractivity contribution < 1.29 is 57.3 Å². The van der Waals surface area contributed by atoms with Crippen LogP contribution in [0.2, 0.25) is 0 Å². The van der Waals surface area contributed by atoms with Crippen molar-refractivity contribution in [1.82, 2.24) is 0 Å². The van der Waals surface area contributed by atoms with Crippen molar-refractivity contribution in [2.45, 2.75) is 0 Å². The molecule has 0 unspecified atom stereocenters. The number of aromatic carboxylic acids is 2. The van der Waals surface area contributed by atoms with Crippen LogP contribution in [0, 0.1) is 0 Å². The maximum absolute atomic E-state index is 10.7. The zero-order chi connectivity index (χ0) is 10.0. The predicted octanol–water partition coefficient (Wildman–Crippen LogP) is -2.35. The molecule has 72 valence electrons. The SMILES string of the molecule is O=C(O)c1ccc([O-])cc1C(=O)O.[HH].[HH].[Na+]. The van der Waals surface area contributed by atoms with Crippen molar-refractivity contribution in [3.05, 3.63) is 29.3 Å². The molecule has 6 heteroatoms. The summed E-state index contributed by atoms with van der Waals surface area (Å²) in [7, 11) is 0. The molecule has 0 fully saturated rings. The van der Waals surface area contributed by atoms with E-state index in [0.717, 1.165) is 18.2 Å². The van der Waals surface area contributed by atoms with Gasteiger partial charge in [0.25, 0.3) is 0 Å². The number of rotatable bonds is 2. The third-order valence-corrected chi connectivity index (χ3v) is 1.45. The van der Waals surface area contributed by atoms with Gasteiger partial charge in [-0.2, -0.15) is 0 Å². The minimum absolute atomic E-state index is 0. The van der Waals surface area contributed by atoms with Gasteiger partial charge in [-0.05, 0) is 6.07 Å². The van der Waals surface area contributed by atoms with Crippen molar-refractivity contribution in [2.75, 3.05) is 0 Å². The van der Waals surface area contributed by atoms with Crippen LogP contribution in [-0.2, 0) is 0 Å². The van der Waals surface area contributed by atoms with E-state index < -0.39 is 23.3 Å². The largest absolute Gasteiger partial charge is 1.00 e. The van der Waals surface area contributed by atoms with Crippen molar-refractivity contribution in [3.63, 3.8) is 0 Å². The number of carboxylic acid groups (broad SMARTS) is 2. The fourth-order valence-electron chi connectivity index (χ4n) is 0.887. The Morgan fingerprint density at radius 1 is 1.14 bits per heavy atom. The van der Waals surface area contributed by atoms with E-state index in [1.807, 2.05) is 0 Å². The van der Waals surface area contributed by atoms with Crippen molar-refractivity contribution >= 4 is 11.9 Å². The van der Waals surface area contributed by atoms with Crippen LogP contribution < -0.4 is 34.7 Å². The number of hydrogen-bond acceptors (Lipinski definition) is 3. The molecule has 0 spiro atoms. The number of hydrogen-bond donors (Lipinski definition) is 2. The summed E-state index contributed by atoms with van der Waals surface area (Å²) in [5, 5.41) is 27.8. The molecule has 0 aliphatic heterocycles. The van der Waals surface area contributed by atoms with Crippen LogP contribution in [0.25, 0.3) is 0 Å². The van der Waals surface area contributed by atoms with Gasteiger partial charge in [-0.25, -0.2) is 9.59 Å². The van der Waals surface area contributed by atoms with Gasteiger partial charge in [-0.1, -0.05) is 12.1 Å². The summed E-state index contributed by atoms with van der Waals surface area (Å²) in [6, 6.07) is 2.77. The first-order chi connectivity index (χ1) is 6.02. The second kappa shape index (κ2) is 4.99. The minimum atomic E-state index is -1.42. The van der Waals surface area contributed by atoms with Gasteiger partial charge in [0.1, 0.15) is 0 Å². The molecule has 14 heavy (non-hydrogen) atoms. The monoisotopic (exact) mass is 208 g/mol. The first-order valence-corrected chi connectivity index (χ1v) is 3.30. The third-order valence-electron chi connectivity index (χ3n) is 1.45. The van der Waals surface area contributed by atoms with E-state index in [4.69, 9.17) is 10.2 Å². The van der Waals surface area contributed by atoms with E-state index in [9.17, 15) is 14.7 Å². The maximum atomic E-state index is 10.7. The summed E-state index contributed by atoms with van der Waals surface area (Å²) in [4.78, 5) is 20.9. The fourth-order valence-corrected chi connectivity index (χ4v) is 0.887. The zero-order valence-corrected chi connectivity index (χ0v) is 9.35. The quantitative estimate of drug-likeness (QED) is 0.530. The Hall–Kier alpha value is -1.04. The molecule has 1 aromatic carbocycles. The number of benzene rings is 1. The summed E-state index contributed by atoms with van der Waals surface area (Å²) in [6.07, 6.45) is 0. The third kappa shape index (κ3) is 2.73. The Morgan fingerprint density at radius 2 is 1.64 bits per heavy atom. The molecule has 0 atom stereocenters. The fraction of sp³-hybridized carbons (Fsp3) is 0. The van der Waals surface area contributed by atoms with Gasteiger partial charge in [-0.3, -0.25) is 0 Å². The van der Waals surface area contributed by atoms with E-state index in [1.54, 1.807) is 0 Å². The van der Waals surface area contributed by atoms with Gasteiger partial charge in [0.05, 0.1) is 11.1 Å². The second-order valence-electron chi connectivity index (χ2n) is 2.32. The van der Waals surface area contributed by atoms with E-state index in [1.165, 1.54) is 0 Å². The molecule has 0 saturated carbocycles. The van der Waals surface area contributed by atoms with Crippen LogP contribution >= 0.6 is 0 Å². The predicted molar refractivity (Wildman–Crippen MR) is 44.0 cm³/mol. The van der Waals surface area contributed by atoms with Gasteiger partial charge >= 0.3 is 41.5 Å². The minimum Gasteiger partial charge on any atom is -0.872 e. The van der Waals surface area contributed by atoms with Crippen molar-refractivity contribution in [2.24, 2.45) is 0 Å². The normalized spacial score (nSPS) is 8.86. The smallest absolute Gasteiger partial charge is 0.872 e. The molecular formula is C8H9NaO5. The summed E-state index contributed by atoms with van der Waals surface area (Å²) in [5.74, 6) is -3.31. The van der Waals surface area contributed by atoms with Crippen LogP contribution in [0.15, 0.2) is 18.2 Å². The summed E-state index contributed by atoms with van der Waals surface area (Å²) in [6.45, 7) is 0. The van der Waals surface area contributed by atoms with Gasteiger partial charge in [-0.15, -0.1) is 5.75 Å². The Labute approximate surface area is 104 Å². The maximum Gasteiger partial charge on any atom is 1.00 e. The Morgan fingerprint density at radius 3 is 2.07 bits per heavy atom. The molecule has 0 aliphatic rings. The Bertz CT molecular complexity index is 383. The molecule has 0 radical (unpaired) electrons. The molecule has 5 nitrogen and oxygen atoms in total. The van der Waals surface area contributed by atoms with E-state index >= 15 is 0 Å². The summed E-state index contributed by atoms with van der Waals surface area (Å²) >= 11 is 0. The standard InChI is InChI=1S/C8H6O5.Na.2H2/c9-4-1-2-5(7(10)11)6(3-4)8(12)13;;;/h1-3,9H,(H,10,11)(H,12,13);;2*1H/q;+1;;/p-1. The van der Waals surface area contributed by atoms with E-state index in [-0.39, 0.29) is 38.0 Å². The van der Waals surface area contributed by atoms with Gasteiger partial charge < -0.3 is 15.3 Å². The van der Waals surface area contributed by atoms with Crippen molar-refractivity contribution in [1.29, 1.82) is 0 Å². The molecule has 0 saturated heterocycles. The van der Waals surface area contributed by atoms with Gasteiger partial charge in [0.2, 0.25) is 0 Å². The molecule has 1 aromatic rings. The summed E-state index contributed by atoms with van der Waals surface area (Å²) in [5.41, 5.74) is -0.868. The van der Waals surface area contributed by atoms with Crippen LogP contribution in [0.1, 0.15) is 23.6 Å². The first-order valence-electron chi connectivity index (χ1n) is 3.30. The molecule has 0 heterocycles. The van der Waals surface area contributed by atoms with Crippen LogP contribution in [0.3, 0.4) is 0 Å². The van der Waals surface area contributed by atoms with Gasteiger partial charge in [0, 0.05) is 2.85 Å². The van der Waals surface area contributed by atoms with Crippen molar-refractivity contribution in [3.8, 4) is 5.75 Å². The zero-order valence-electron chi connectivity index (χ0n) is 7.35. The molecule has 0 aromatic heterocycles. The topological polar surface area (TPSA) is 97.7 Å². The number of carbonyl (C=O) groups is 2. The van der Waals surface area contributed by atoms with Crippen LogP contribution in [0.4, 0.5) is 0 Å². The van der Waals surface area contributed by atoms with E-state index in [2.05, 4.69) is 0 Å². The second-order valence-corrected chi connectivity index (χ2v) is 2.32. The first kappa shape index (κ1) is 13.0. The van der Waals surface area contributed by atoms with Gasteiger partial charge in [0.15, 0.2) is 0 Å². The molecule has 1 rings (SSSR count).